The van der Waals surface area contributed by atoms with Crippen molar-refractivity contribution in [3.05, 3.63) is 42.1 Å². The van der Waals surface area contributed by atoms with Crippen LogP contribution < -0.4 is 4.74 Å². The van der Waals surface area contributed by atoms with Crippen LogP contribution in [0, 0.1) is 6.07 Å². The molecule has 59 valence electrons. The molecule has 1 heterocycles. The monoisotopic (exact) mass is 158 g/mol. The Morgan fingerprint density at radius 2 is 2.50 bits per heavy atom. The van der Waals surface area contributed by atoms with Crippen LogP contribution in [-0.2, 0) is 0 Å². The molecule has 1 aromatic carbocycles. The summed E-state index contributed by atoms with van der Waals surface area (Å²) in [4.78, 5) is 4.06. The van der Waals surface area contributed by atoms with E-state index in [0.29, 0.717) is 6.61 Å². The highest BCUT2D eigenvalue weighted by atomic mass is 16.5. The Hall–Kier alpha value is -1.57. The highest BCUT2D eigenvalue weighted by Crippen LogP contribution is 2.15. The molecule has 0 saturated heterocycles. The van der Waals surface area contributed by atoms with Gasteiger partial charge >= 0.3 is 0 Å². The van der Waals surface area contributed by atoms with Gasteiger partial charge in [0.2, 0.25) is 0 Å². The molecule has 2 rings (SSSR count). The molecule has 2 nitrogen and oxygen atoms in total. The summed E-state index contributed by atoms with van der Waals surface area (Å²) in [6.45, 7) is 0.572. The van der Waals surface area contributed by atoms with Crippen molar-refractivity contribution < 1.29 is 4.74 Å². The van der Waals surface area contributed by atoms with E-state index in [1.165, 1.54) is 0 Å². The fourth-order valence-corrected chi connectivity index (χ4v) is 1.02. The van der Waals surface area contributed by atoms with Crippen LogP contribution >= 0.6 is 0 Å². The molecule has 0 spiro atoms. The van der Waals surface area contributed by atoms with E-state index in [4.69, 9.17) is 4.74 Å². The summed E-state index contributed by atoms with van der Waals surface area (Å²) in [5, 5.41) is 0. The van der Waals surface area contributed by atoms with E-state index in [1.807, 2.05) is 24.3 Å². The largest absolute Gasteiger partial charge is 0.489 e. The van der Waals surface area contributed by atoms with Crippen molar-refractivity contribution in [2.45, 2.75) is 0 Å². The molecule has 1 aliphatic heterocycles. The molecule has 0 aromatic heterocycles. The molecule has 0 N–H and O–H groups in total. The van der Waals surface area contributed by atoms with Gasteiger partial charge in [-0.3, -0.25) is 4.99 Å². The van der Waals surface area contributed by atoms with E-state index in [2.05, 4.69) is 11.1 Å². The Morgan fingerprint density at radius 1 is 1.50 bits per heavy atom. The van der Waals surface area contributed by atoms with E-state index in [9.17, 15) is 0 Å². The number of benzene rings is 1. The van der Waals surface area contributed by atoms with E-state index in [0.717, 1.165) is 11.3 Å². The van der Waals surface area contributed by atoms with Gasteiger partial charge in [-0.05, 0) is 18.2 Å². The van der Waals surface area contributed by atoms with E-state index < -0.39 is 0 Å². The molecule has 2 heteroatoms. The fraction of sp³-hybridized carbons (Fsp3) is 0.100. The quantitative estimate of drug-likeness (QED) is 0.564. The zero-order valence-electron chi connectivity index (χ0n) is 6.53. The molecule has 12 heavy (non-hydrogen) atoms. The summed E-state index contributed by atoms with van der Waals surface area (Å²) in [6, 6.07) is 8.71. The third-order valence-corrected chi connectivity index (χ3v) is 1.58. The van der Waals surface area contributed by atoms with Gasteiger partial charge in [0.05, 0.1) is 0 Å². The molecular formula is C10H8NO. The molecule has 0 unspecified atom stereocenters. The number of aliphatic imine (C=N–C) groups is 1. The predicted octanol–water partition coefficient (Wildman–Crippen LogP) is 1.81. The first-order valence-electron chi connectivity index (χ1n) is 3.78. The Labute approximate surface area is 71.2 Å². The minimum absolute atomic E-state index is 0.572. The molecule has 1 aliphatic rings. The number of fused-ring (bicyclic) bond motifs is 1. The topological polar surface area (TPSA) is 21.6 Å². The molecule has 0 aliphatic carbocycles. The Morgan fingerprint density at radius 3 is 3.50 bits per heavy atom. The Balaban J connectivity index is 2.43. The summed E-state index contributed by atoms with van der Waals surface area (Å²) in [5.74, 6) is 0.839. The molecule has 1 aromatic rings. The van der Waals surface area contributed by atoms with Crippen LogP contribution in [0.25, 0.3) is 0 Å². The zero-order valence-corrected chi connectivity index (χ0v) is 6.53. The van der Waals surface area contributed by atoms with Crippen molar-refractivity contribution in [1.82, 2.24) is 0 Å². The highest BCUT2D eigenvalue weighted by Gasteiger charge is 1.99. The molecule has 0 saturated carbocycles. The first kappa shape index (κ1) is 7.10. The smallest absolute Gasteiger partial charge is 0.129 e. The summed E-state index contributed by atoms with van der Waals surface area (Å²) in [6.07, 6.45) is 5.33. The lowest BCUT2D eigenvalue weighted by atomic mass is 10.2. The maximum Gasteiger partial charge on any atom is 0.129 e. The van der Waals surface area contributed by atoms with Crippen LogP contribution in [0.1, 0.15) is 5.56 Å². The molecule has 0 amide bonds. The van der Waals surface area contributed by atoms with Crippen LogP contribution in [0.15, 0.2) is 35.5 Å². The van der Waals surface area contributed by atoms with Crippen LogP contribution in [0.3, 0.4) is 0 Å². The number of nitrogens with zero attached hydrogens (tertiary/aromatic N) is 1. The average Bonchev–Trinajstić information content (AvgIpc) is 2.06. The second kappa shape index (κ2) is 3.22. The van der Waals surface area contributed by atoms with E-state index >= 15 is 0 Å². The van der Waals surface area contributed by atoms with Crippen molar-refractivity contribution in [2.24, 2.45) is 4.99 Å². The summed E-state index contributed by atoms with van der Waals surface area (Å²) < 4.78 is 5.42. The molecule has 1 radical (unpaired) electrons. The van der Waals surface area contributed by atoms with Crippen molar-refractivity contribution in [2.75, 3.05) is 6.61 Å². The standard InChI is InChI=1S/C10H8NO/c1-2-5-10-9(4-1)8-11-6-3-7-12-10/h1-3,5-6,8H,7H2/b6-3-,11-8-. The minimum atomic E-state index is 0.572. The maximum absolute atomic E-state index is 5.42. The summed E-state index contributed by atoms with van der Waals surface area (Å²) in [7, 11) is 0. The average molecular weight is 158 g/mol. The third kappa shape index (κ3) is 1.37. The number of hydrogen-bond acceptors (Lipinski definition) is 2. The Bertz CT molecular complexity index is 328. The highest BCUT2D eigenvalue weighted by molar-refractivity contribution is 5.83. The SMILES string of the molecule is [c]1cccc2c1/C=N\C=C/CO2. The summed E-state index contributed by atoms with van der Waals surface area (Å²) in [5.41, 5.74) is 0.904. The minimum Gasteiger partial charge on any atom is -0.489 e. The van der Waals surface area contributed by atoms with Gasteiger partial charge in [-0.1, -0.05) is 12.1 Å². The molecular weight excluding hydrogens is 150 g/mol. The van der Waals surface area contributed by atoms with E-state index in [1.54, 1.807) is 12.4 Å². The van der Waals surface area contributed by atoms with Crippen molar-refractivity contribution in [1.29, 1.82) is 0 Å². The lowest BCUT2D eigenvalue weighted by Crippen LogP contribution is -1.98. The van der Waals surface area contributed by atoms with Crippen molar-refractivity contribution in [3.8, 4) is 5.75 Å². The van der Waals surface area contributed by atoms with Crippen LogP contribution in [0.4, 0.5) is 0 Å². The molecule has 0 fully saturated rings. The van der Waals surface area contributed by atoms with Crippen molar-refractivity contribution >= 4 is 6.21 Å². The van der Waals surface area contributed by atoms with Crippen molar-refractivity contribution in [3.63, 3.8) is 0 Å². The first-order valence-corrected chi connectivity index (χ1v) is 3.78. The van der Waals surface area contributed by atoms with Gasteiger partial charge in [-0.2, -0.15) is 0 Å². The van der Waals surface area contributed by atoms with Gasteiger partial charge in [0.25, 0.3) is 0 Å². The lowest BCUT2D eigenvalue weighted by molar-refractivity contribution is 0.361. The molecule has 0 bridgehead atoms. The van der Waals surface area contributed by atoms with Gasteiger partial charge in [-0.25, -0.2) is 0 Å². The number of rotatable bonds is 0. The molecule has 0 atom stereocenters. The number of hydrogen-bond donors (Lipinski definition) is 0. The van der Waals surface area contributed by atoms with Crippen LogP contribution in [0.2, 0.25) is 0 Å². The van der Waals surface area contributed by atoms with Gasteiger partial charge in [0, 0.05) is 18.0 Å². The Kier molecular flexibility index (Phi) is 1.90. The van der Waals surface area contributed by atoms with Gasteiger partial charge in [0.15, 0.2) is 0 Å². The first-order chi connectivity index (χ1) is 5.97. The second-order valence-corrected chi connectivity index (χ2v) is 2.42. The fourth-order valence-electron chi connectivity index (χ4n) is 1.02. The third-order valence-electron chi connectivity index (χ3n) is 1.58. The van der Waals surface area contributed by atoms with Gasteiger partial charge < -0.3 is 4.74 Å². The lowest BCUT2D eigenvalue weighted by Gasteiger charge is -2.06. The second-order valence-electron chi connectivity index (χ2n) is 2.42. The summed E-state index contributed by atoms with van der Waals surface area (Å²) >= 11 is 0. The van der Waals surface area contributed by atoms with Gasteiger partial charge in [-0.15, -0.1) is 0 Å². The van der Waals surface area contributed by atoms with Crippen LogP contribution in [0.5, 0.6) is 5.75 Å². The van der Waals surface area contributed by atoms with Gasteiger partial charge in [0.1, 0.15) is 12.4 Å². The van der Waals surface area contributed by atoms with E-state index in [-0.39, 0.29) is 0 Å². The van der Waals surface area contributed by atoms with Crippen LogP contribution in [-0.4, -0.2) is 12.8 Å². The number of ether oxygens (including phenoxy) is 1. The maximum atomic E-state index is 5.42. The predicted molar refractivity (Wildman–Crippen MR) is 47.5 cm³/mol. The zero-order chi connectivity index (χ0) is 8.23. The normalized spacial score (nSPS) is 19.7.